The van der Waals surface area contributed by atoms with Crippen molar-refractivity contribution in [2.45, 2.75) is 32.8 Å². The largest absolute Gasteiger partial charge is 0.435 e. The van der Waals surface area contributed by atoms with Gasteiger partial charge in [-0.05, 0) is 69.1 Å². The molecular formula is C17H24F2N2O2. The number of alkyl halides is 2. The number of hydrogen-bond acceptors (Lipinski definition) is 3. The molecule has 0 aromatic heterocycles. The molecule has 1 saturated heterocycles. The average Bonchev–Trinajstić information content (AvgIpc) is 2.53. The first kappa shape index (κ1) is 17.7. The Kier molecular flexibility index (Phi) is 6.77. The molecule has 1 aliphatic heterocycles. The number of nitrogens with zero attached hydrogens (tertiary/aromatic N) is 1. The van der Waals surface area contributed by atoms with Gasteiger partial charge in [-0.2, -0.15) is 8.78 Å². The van der Waals surface area contributed by atoms with Crippen LogP contribution in [0.15, 0.2) is 24.3 Å². The van der Waals surface area contributed by atoms with E-state index in [-0.39, 0.29) is 11.7 Å². The zero-order valence-corrected chi connectivity index (χ0v) is 13.4. The van der Waals surface area contributed by atoms with E-state index in [1.165, 1.54) is 37.1 Å². The smallest absolute Gasteiger partial charge is 0.387 e. The first-order valence-electron chi connectivity index (χ1n) is 8.10. The van der Waals surface area contributed by atoms with Crippen molar-refractivity contribution in [1.29, 1.82) is 0 Å². The molecule has 0 bridgehead atoms. The Balaban J connectivity index is 1.66. The fraction of sp³-hybridized carbons (Fsp3) is 0.588. The standard InChI is InChI=1S/C17H24F2N2O2/c1-13-7-11-21(12-8-13)10-2-9-20-16(22)14-3-5-15(6-4-14)23-17(18)19/h3-6,13,17H,2,7-12H2,1H3,(H,20,22). The molecular weight excluding hydrogens is 302 g/mol. The van der Waals surface area contributed by atoms with Gasteiger partial charge in [-0.3, -0.25) is 4.79 Å². The van der Waals surface area contributed by atoms with Crippen LogP contribution in [0.2, 0.25) is 0 Å². The summed E-state index contributed by atoms with van der Waals surface area (Å²) in [5.41, 5.74) is 0.443. The minimum absolute atomic E-state index is 0.0517. The Morgan fingerprint density at radius 3 is 2.57 bits per heavy atom. The van der Waals surface area contributed by atoms with Gasteiger partial charge in [0.15, 0.2) is 0 Å². The molecule has 1 aromatic rings. The molecule has 0 radical (unpaired) electrons. The van der Waals surface area contributed by atoms with E-state index in [0.29, 0.717) is 12.1 Å². The topological polar surface area (TPSA) is 41.6 Å². The van der Waals surface area contributed by atoms with Crippen molar-refractivity contribution in [3.8, 4) is 5.75 Å². The van der Waals surface area contributed by atoms with Crippen molar-refractivity contribution in [3.05, 3.63) is 29.8 Å². The molecule has 1 aliphatic rings. The highest BCUT2D eigenvalue weighted by Gasteiger charge is 2.15. The maximum absolute atomic E-state index is 12.1. The predicted molar refractivity (Wildman–Crippen MR) is 84.9 cm³/mol. The number of benzene rings is 1. The number of hydrogen-bond donors (Lipinski definition) is 1. The number of halogens is 2. The van der Waals surface area contributed by atoms with E-state index < -0.39 is 6.61 Å². The molecule has 4 nitrogen and oxygen atoms in total. The summed E-state index contributed by atoms with van der Waals surface area (Å²) in [6, 6.07) is 5.71. The van der Waals surface area contributed by atoms with Crippen molar-refractivity contribution in [3.63, 3.8) is 0 Å². The number of carbonyl (C=O) groups excluding carboxylic acids is 1. The Labute approximate surface area is 135 Å². The highest BCUT2D eigenvalue weighted by atomic mass is 19.3. The average molecular weight is 326 g/mol. The van der Waals surface area contributed by atoms with E-state index in [0.717, 1.165) is 32.0 Å². The van der Waals surface area contributed by atoms with Gasteiger partial charge >= 0.3 is 6.61 Å². The van der Waals surface area contributed by atoms with Crippen molar-refractivity contribution >= 4 is 5.91 Å². The molecule has 128 valence electrons. The van der Waals surface area contributed by atoms with Gasteiger partial charge in [0.05, 0.1) is 0 Å². The van der Waals surface area contributed by atoms with E-state index in [1.807, 2.05) is 0 Å². The number of carbonyl (C=O) groups is 1. The summed E-state index contributed by atoms with van der Waals surface area (Å²) < 4.78 is 28.4. The second-order valence-corrected chi connectivity index (χ2v) is 6.04. The van der Waals surface area contributed by atoms with Crippen LogP contribution in [-0.4, -0.2) is 43.6 Å². The van der Waals surface area contributed by atoms with E-state index in [9.17, 15) is 13.6 Å². The Morgan fingerprint density at radius 2 is 1.96 bits per heavy atom. The van der Waals surface area contributed by atoms with Crippen LogP contribution < -0.4 is 10.1 Å². The molecule has 1 fully saturated rings. The molecule has 1 N–H and O–H groups in total. The maximum atomic E-state index is 12.1. The van der Waals surface area contributed by atoms with Gasteiger partial charge in [0.1, 0.15) is 5.75 Å². The van der Waals surface area contributed by atoms with Crippen LogP contribution in [0, 0.1) is 5.92 Å². The lowest BCUT2D eigenvalue weighted by atomic mass is 9.99. The van der Waals surface area contributed by atoms with Crippen LogP contribution in [0.1, 0.15) is 36.5 Å². The summed E-state index contributed by atoms with van der Waals surface area (Å²) in [6.07, 6.45) is 3.41. The van der Waals surface area contributed by atoms with E-state index in [4.69, 9.17) is 0 Å². The number of nitrogens with one attached hydrogen (secondary N) is 1. The van der Waals surface area contributed by atoms with Crippen LogP contribution in [0.4, 0.5) is 8.78 Å². The second-order valence-electron chi connectivity index (χ2n) is 6.04. The normalized spacial score (nSPS) is 16.5. The molecule has 2 rings (SSSR count). The lowest BCUT2D eigenvalue weighted by Gasteiger charge is -2.30. The van der Waals surface area contributed by atoms with Gasteiger partial charge < -0.3 is 15.0 Å². The van der Waals surface area contributed by atoms with Crippen molar-refractivity contribution < 1.29 is 18.3 Å². The molecule has 0 aliphatic carbocycles. The molecule has 1 heterocycles. The number of piperidine rings is 1. The van der Waals surface area contributed by atoms with Crippen molar-refractivity contribution in [2.24, 2.45) is 5.92 Å². The molecule has 0 unspecified atom stereocenters. The first-order valence-corrected chi connectivity index (χ1v) is 8.10. The number of likely N-dealkylation sites (tertiary alicyclic amines) is 1. The minimum Gasteiger partial charge on any atom is -0.435 e. The van der Waals surface area contributed by atoms with Gasteiger partial charge in [-0.1, -0.05) is 6.92 Å². The highest BCUT2D eigenvalue weighted by Crippen LogP contribution is 2.16. The second kappa shape index (κ2) is 8.82. The van der Waals surface area contributed by atoms with E-state index in [1.54, 1.807) is 0 Å². The lowest BCUT2D eigenvalue weighted by molar-refractivity contribution is -0.0498. The Hall–Kier alpha value is -1.69. The molecule has 6 heteroatoms. The van der Waals surface area contributed by atoms with Crippen LogP contribution in [-0.2, 0) is 0 Å². The number of amides is 1. The van der Waals surface area contributed by atoms with Crippen molar-refractivity contribution in [2.75, 3.05) is 26.2 Å². The summed E-state index contributed by atoms with van der Waals surface area (Å²) >= 11 is 0. The third-order valence-electron chi connectivity index (χ3n) is 4.15. The lowest BCUT2D eigenvalue weighted by Crippen LogP contribution is -2.35. The fourth-order valence-corrected chi connectivity index (χ4v) is 2.68. The van der Waals surface area contributed by atoms with Crippen LogP contribution in [0.5, 0.6) is 5.75 Å². The minimum atomic E-state index is -2.85. The van der Waals surface area contributed by atoms with Crippen LogP contribution in [0.3, 0.4) is 0 Å². The third-order valence-corrected chi connectivity index (χ3v) is 4.15. The first-order chi connectivity index (χ1) is 11.0. The Morgan fingerprint density at radius 1 is 1.30 bits per heavy atom. The van der Waals surface area contributed by atoms with Gasteiger partial charge in [-0.25, -0.2) is 0 Å². The van der Waals surface area contributed by atoms with Gasteiger partial charge in [0, 0.05) is 12.1 Å². The van der Waals surface area contributed by atoms with Crippen molar-refractivity contribution in [1.82, 2.24) is 10.2 Å². The summed E-state index contributed by atoms with van der Waals surface area (Å²) in [5.74, 6) is 0.680. The summed E-state index contributed by atoms with van der Waals surface area (Å²) in [7, 11) is 0. The van der Waals surface area contributed by atoms with Gasteiger partial charge in [-0.15, -0.1) is 0 Å². The van der Waals surface area contributed by atoms with E-state index in [2.05, 4.69) is 21.9 Å². The third kappa shape index (κ3) is 6.14. The van der Waals surface area contributed by atoms with Crippen LogP contribution in [0.25, 0.3) is 0 Å². The van der Waals surface area contributed by atoms with Crippen LogP contribution >= 0.6 is 0 Å². The molecule has 1 aromatic carbocycles. The summed E-state index contributed by atoms with van der Waals surface area (Å²) in [5, 5.41) is 2.85. The zero-order chi connectivity index (χ0) is 16.7. The van der Waals surface area contributed by atoms with Gasteiger partial charge in [0.25, 0.3) is 5.91 Å². The monoisotopic (exact) mass is 326 g/mol. The number of ether oxygens (including phenoxy) is 1. The quantitative estimate of drug-likeness (QED) is 0.783. The maximum Gasteiger partial charge on any atom is 0.387 e. The molecule has 23 heavy (non-hydrogen) atoms. The fourth-order valence-electron chi connectivity index (χ4n) is 2.68. The SMILES string of the molecule is CC1CCN(CCCNC(=O)c2ccc(OC(F)F)cc2)CC1. The van der Waals surface area contributed by atoms with E-state index >= 15 is 0 Å². The molecule has 0 atom stereocenters. The Bertz CT molecular complexity index is 486. The molecule has 0 saturated carbocycles. The highest BCUT2D eigenvalue weighted by molar-refractivity contribution is 5.94. The molecule has 1 amide bonds. The molecule has 0 spiro atoms. The predicted octanol–water partition coefficient (Wildman–Crippen LogP) is 3.14. The summed E-state index contributed by atoms with van der Waals surface area (Å²) in [6.45, 7) is 3.32. The summed E-state index contributed by atoms with van der Waals surface area (Å²) in [4.78, 5) is 14.4. The zero-order valence-electron chi connectivity index (χ0n) is 13.4. The van der Waals surface area contributed by atoms with Gasteiger partial charge in [0.2, 0.25) is 0 Å². The number of rotatable bonds is 7.